The Balaban J connectivity index is 1.99. The van der Waals surface area contributed by atoms with E-state index in [9.17, 15) is 0 Å². The third kappa shape index (κ3) is 6.43. The number of hydrogen-bond acceptors (Lipinski definition) is 2. The zero-order chi connectivity index (χ0) is 23.4. The summed E-state index contributed by atoms with van der Waals surface area (Å²) in [5.74, 6) is 0.450. The van der Waals surface area contributed by atoms with E-state index in [0.717, 1.165) is 25.9 Å². The summed E-state index contributed by atoms with van der Waals surface area (Å²) in [6, 6.07) is 22.5. The molecular formula is C31H46N2. The molecule has 0 N–H and O–H groups in total. The molecule has 2 aromatic carbocycles. The first-order chi connectivity index (χ1) is 16.3. The summed E-state index contributed by atoms with van der Waals surface area (Å²) in [6.07, 6.45) is 17.4. The van der Waals surface area contributed by atoms with E-state index in [4.69, 9.17) is 0 Å². The van der Waals surface area contributed by atoms with Crippen molar-refractivity contribution in [2.75, 3.05) is 13.1 Å². The number of rotatable bonds is 15. The van der Waals surface area contributed by atoms with E-state index in [2.05, 4.69) is 104 Å². The molecule has 0 fully saturated rings. The van der Waals surface area contributed by atoms with Crippen molar-refractivity contribution in [1.29, 1.82) is 0 Å². The maximum Gasteiger partial charge on any atom is 0.123 e. The third-order valence-electron chi connectivity index (χ3n) is 7.40. The van der Waals surface area contributed by atoms with E-state index in [1.807, 2.05) is 0 Å². The molecule has 0 saturated carbocycles. The van der Waals surface area contributed by atoms with Gasteiger partial charge in [-0.05, 0) is 30.4 Å². The van der Waals surface area contributed by atoms with Crippen molar-refractivity contribution in [2.24, 2.45) is 0 Å². The van der Waals surface area contributed by atoms with Crippen molar-refractivity contribution in [3.05, 3.63) is 84.2 Å². The van der Waals surface area contributed by atoms with Gasteiger partial charge in [-0.15, -0.1) is 0 Å². The number of unbranched alkanes of at least 4 members (excludes halogenated alkanes) is 6. The van der Waals surface area contributed by atoms with Crippen LogP contribution in [0.25, 0.3) is 0 Å². The van der Waals surface area contributed by atoms with Crippen LogP contribution in [0, 0.1) is 0 Å². The summed E-state index contributed by atoms with van der Waals surface area (Å²) in [7, 11) is 0. The maximum absolute atomic E-state index is 2.72. The maximum atomic E-state index is 2.72. The highest BCUT2D eigenvalue weighted by Crippen LogP contribution is 2.45. The lowest BCUT2D eigenvalue weighted by molar-refractivity contribution is -0.00375. The minimum atomic E-state index is -0.0457. The lowest BCUT2D eigenvalue weighted by Crippen LogP contribution is -2.59. The minimum absolute atomic E-state index is 0.0457. The zero-order valence-electron chi connectivity index (χ0n) is 21.4. The summed E-state index contributed by atoms with van der Waals surface area (Å²) in [4.78, 5) is 5.44. The van der Waals surface area contributed by atoms with Crippen molar-refractivity contribution in [2.45, 2.75) is 96.6 Å². The first-order valence-corrected chi connectivity index (χ1v) is 13.6. The number of hydrogen-bond donors (Lipinski definition) is 0. The van der Waals surface area contributed by atoms with Gasteiger partial charge in [0.15, 0.2) is 0 Å². The Morgan fingerprint density at radius 3 is 1.64 bits per heavy atom. The summed E-state index contributed by atoms with van der Waals surface area (Å²) in [5.41, 5.74) is 2.86. The molecule has 180 valence electrons. The quantitative estimate of drug-likeness (QED) is 0.253. The molecule has 0 aliphatic carbocycles. The molecular weight excluding hydrogens is 400 g/mol. The fourth-order valence-corrected chi connectivity index (χ4v) is 5.68. The largest absolute Gasteiger partial charge is 0.353 e. The molecule has 2 heteroatoms. The second kappa shape index (κ2) is 13.5. The second-order valence-corrected chi connectivity index (χ2v) is 9.72. The molecule has 0 spiro atoms. The Kier molecular flexibility index (Phi) is 10.4. The van der Waals surface area contributed by atoms with Crippen LogP contribution in [-0.4, -0.2) is 28.6 Å². The predicted octanol–water partition coefficient (Wildman–Crippen LogP) is 8.37. The van der Waals surface area contributed by atoms with Gasteiger partial charge in [0.05, 0.1) is 0 Å². The summed E-state index contributed by atoms with van der Waals surface area (Å²) in [5, 5.41) is 0. The SMILES string of the molecule is CCCCCCN1C=CN(CCCCCC)C1(Cc1ccccc1)C(CC)c1ccccc1. The molecule has 33 heavy (non-hydrogen) atoms. The van der Waals surface area contributed by atoms with Crippen LogP contribution >= 0.6 is 0 Å². The van der Waals surface area contributed by atoms with Crippen LogP contribution in [0.2, 0.25) is 0 Å². The molecule has 2 nitrogen and oxygen atoms in total. The standard InChI is InChI=1S/C31H46N2/c1-4-7-9-17-23-32-25-26-33(24-18-10-8-5-2)31(32,27-28-19-13-11-14-20-28)30(6-3)29-21-15-12-16-22-29/h11-16,19-22,25-26,30H,4-10,17-18,23-24,27H2,1-3H3. The number of nitrogens with zero attached hydrogens (tertiary/aromatic N) is 2. The normalized spacial score (nSPS) is 15.8. The monoisotopic (exact) mass is 446 g/mol. The van der Waals surface area contributed by atoms with Gasteiger partial charge in [-0.1, -0.05) is 120 Å². The molecule has 1 aliphatic rings. The molecule has 2 aromatic rings. The third-order valence-corrected chi connectivity index (χ3v) is 7.40. The van der Waals surface area contributed by atoms with Crippen molar-refractivity contribution in [3.8, 4) is 0 Å². The van der Waals surface area contributed by atoms with E-state index in [0.29, 0.717) is 5.92 Å². The van der Waals surface area contributed by atoms with Gasteiger partial charge in [-0.2, -0.15) is 0 Å². The van der Waals surface area contributed by atoms with Gasteiger partial charge < -0.3 is 9.80 Å². The van der Waals surface area contributed by atoms with Gasteiger partial charge >= 0.3 is 0 Å². The lowest BCUT2D eigenvalue weighted by Gasteiger charge is -2.51. The summed E-state index contributed by atoms with van der Waals surface area (Å²) >= 11 is 0. The highest BCUT2D eigenvalue weighted by molar-refractivity contribution is 5.30. The molecule has 1 unspecified atom stereocenters. The Labute approximate surface area is 203 Å². The molecule has 1 aliphatic heterocycles. The van der Waals surface area contributed by atoms with E-state index in [-0.39, 0.29) is 5.66 Å². The van der Waals surface area contributed by atoms with Crippen molar-refractivity contribution in [1.82, 2.24) is 9.80 Å². The predicted molar refractivity (Wildman–Crippen MR) is 143 cm³/mol. The smallest absolute Gasteiger partial charge is 0.123 e. The summed E-state index contributed by atoms with van der Waals surface area (Å²) in [6.45, 7) is 9.26. The van der Waals surface area contributed by atoms with Crippen molar-refractivity contribution in [3.63, 3.8) is 0 Å². The van der Waals surface area contributed by atoms with Gasteiger partial charge in [0.25, 0.3) is 0 Å². The van der Waals surface area contributed by atoms with E-state index in [1.165, 1.54) is 62.5 Å². The van der Waals surface area contributed by atoms with E-state index in [1.54, 1.807) is 0 Å². The van der Waals surface area contributed by atoms with E-state index >= 15 is 0 Å². The second-order valence-electron chi connectivity index (χ2n) is 9.72. The van der Waals surface area contributed by atoms with Crippen LogP contribution in [0.5, 0.6) is 0 Å². The molecule has 3 rings (SSSR count). The molecule has 0 aromatic heterocycles. The highest BCUT2D eigenvalue weighted by Gasteiger charge is 2.49. The zero-order valence-corrected chi connectivity index (χ0v) is 21.4. The fraction of sp³-hybridized carbons (Fsp3) is 0.548. The molecule has 0 saturated heterocycles. The van der Waals surface area contributed by atoms with Crippen LogP contribution in [0.4, 0.5) is 0 Å². The molecule has 0 amide bonds. The Morgan fingerprint density at radius 1 is 0.636 bits per heavy atom. The molecule has 0 bridgehead atoms. The topological polar surface area (TPSA) is 6.48 Å². The minimum Gasteiger partial charge on any atom is -0.353 e. The fourth-order valence-electron chi connectivity index (χ4n) is 5.68. The van der Waals surface area contributed by atoms with Gasteiger partial charge in [-0.25, -0.2) is 0 Å². The van der Waals surface area contributed by atoms with Crippen molar-refractivity contribution < 1.29 is 0 Å². The Hall–Kier alpha value is -2.22. The molecule has 1 atom stereocenters. The highest BCUT2D eigenvalue weighted by atomic mass is 15.4. The van der Waals surface area contributed by atoms with E-state index < -0.39 is 0 Å². The van der Waals surface area contributed by atoms with Gasteiger partial charge in [-0.3, -0.25) is 0 Å². The average Bonchev–Trinajstić information content (AvgIpc) is 3.18. The van der Waals surface area contributed by atoms with Crippen LogP contribution in [-0.2, 0) is 6.42 Å². The van der Waals surface area contributed by atoms with Crippen molar-refractivity contribution >= 4 is 0 Å². The van der Waals surface area contributed by atoms with Crippen LogP contribution in [0.3, 0.4) is 0 Å². The first kappa shape index (κ1) is 25.4. The first-order valence-electron chi connectivity index (χ1n) is 13.6. The van der Waals surface area contributed by atoms with Crippen LogP contribution in [0.1, 0.15) is 95.6 Å². The molecule has 0 radical (unpaired) electrons. The van der Waals surface area contributed by atoms with Crippen LogP contribution in [0.15, 0.2) is 73.1 Å². The number of benzene rings is 2. The Bertz CT molecular complexity index is 776. The summed E-state index contributed by atoms with van der Waals surface area (Å²) < 4.78 is 0. The molecule has 1 heterocycles. The Morgan fingerprint density at radius 2 is 1.15 bits per heavy atom. The van der Waals surface area contributed by atoms with Gasteiger partial charge in [0, 0.05) is 37.8 Å². The lowest BCUT2D eigenvalue weighted by atomic mass is 9.78. The average molecular weight is 447 g/mol. The van der Waals surface area contributed by atoms with Gasteiger partial charge in [0.1, 0.15) is 5.66 Å². The van der Waals surface area contributed by atoms with Crippen LogP contribution < -0.4 is 0 Å². The van der Waals surface area contributed by atoms with Gasteiger partial charge in [0.2, 0.25) is 0 Å².